The Labute approximate surface area is 115 Å². The molecule has 0 aliphatic carbocycles. The molecule has 0 saturated carbocycles. The van der Waals surface area contributed by atoms with E-state index in [1.54, 1.807) is 6.07 Å². The first-order valence-corrected chi connectivity index (χ1v) is 6.40. The number of nitrogens with one attached hydrogen (secondary N) is 1. The highest BCUT2D eigenvalue weighted by Gasteiger charge is 2.39. The number of esters is 1. The summed E-state index contributed by atoms with van der Waals surface area (Å²) in [5, 5.41) is 3.05. The maximum absolute atomic E-state index is 13.1. The molecule has 110 valence electrons. The van der Waals surface area contributed by atoms with Gasteiger partial charge in [-0.05, 0) is 24.6 Å². The van der Waals surface area contributed by atoms with Crippen molar-refractivity contribution in [2.45, 2.75) is 18.5 Å². The van der Waals surface area contributed by atoms with Crippen LogP contribution in [0.2, 0.25) is 0 Å². The molecule has 1 saturated heterocycles. The molecule has 1 fully saturated rings. The summed E-state index contributed by atoms with van der Waals surface area (Å²) in [6.45, 7) is 0.942. The summed E-state index contributed by atoms with van der Waals surface area (Å²) in [5.74, 6) is -1.51. The molecule has 1 N–H and O–H groups in total. The monoisotopic (exact) mass is 287 g/mol. The zero-order chi connectivity index (χ0) is 14.8. The van der Waals surface area contributed by atoms with Gasteiger partial charge < -0.3 is 10.1 Å². The van der Waals surface area contributed by atoms with Gasteiger partial charge in [-0.1, -0.05) is 18.2 Å². The van der Waals surface area contributed by atoms with E-state index in [1.807, 2.05) is 0 Å². The highest BCUT2D eigenvalue weighted by Crippen LogP contribution is 2.39. The Morgan fingerprint density at radius 1 is 1.35 bits per heavy atom. The van der Waals surface area contributed by atoms with Crippen molar-refractivity contribution >= 4 is 5.97 Å². The van der Waals surface area contributed by atoms with Gasteiger partial charge in [0, 0.05) is 12.5 Å². The molecular weight excluding hydrogens is 271 g/mol. The second-order valence-corrected chi connectivity index (χ2v) is 4.81. The van der Waals surface area contributed by atoms with E-state index in [0.717, 1.165) is 6.07 Å². The molecule has 20 heavy (non-hydrogen) atoms. The van der Waals surface area contributed by atoms with Gasteiger partial charge in [-0.15, -0.1) is 0 Å². The van der Waals surface area contributed by atoms with Crippen molar-refractivity contribution in [2.24, 2.45) is 5.92 Å². The van der Waals surface area contributed by atoms with Gasteiger partial charge in [-0.3, -0.25) is 4.79 Å². The Balaban J connectivity index is 2.40. The van der Waals surface area contributed by atoms with E-state index >= 15 is 0 Å². The quantitative estimate of drug-likeness (QED) is 0.850. The predicted molar refractivity (Wildman–Crippen MR) is 67.2 cm³/mol. The van der Waals surface area contributed by atoms with Crippen molar-refractivity contribution < 1.29 is 22.7 Å². The van der Waals surface area contributed by atoms with Crippen LogP contribution in [0.1, 0.15) is 23.5 Å². The van der Waals surface area contributed by atoms with E-state index in [-0.39, 0.29) is 5.56 Å². The smallest absolute Gasteiger partial charge is 0.416 e. The third kappa shape index (κ3) is 2.95. The molecule has 1 aromatic carbocycles. The van der Waals surface area contributed by atoms with E-state index in [0.29, 0.717) is 19.5 Å². The number of benzene rings is 1. The molecule has 1 aliphatic rings. The van der Waals surface area contributed by atoms with Crippen molar-refractivity contribution in [2.75, 3.05) is 20.2 Å². The molecule has 0 amide bonds. The number of hydrogen-bond acceptors (Lipinski definition) is 3. The van der Waals surface area contributed by atoms with Crippen LogP contribution in [0.5, 0.6) is 0 Å². The SMILES string of the molecule is COC(=O)[C@H]1CCNC[C@H]1c1ccccc1C(F)(F)F. The summed E-state index contributed by atoms with van der Waals surface area (Å²) in [4.78, 5) is 11.8. The van der Waals surface area contributed by atoms with Gasteiger partial charge in [0.2, 0.25) is 0 Å². The fourth-order valence-corrected chi connectivity index (χ4v) is 2.70. The molecule has 0 aromatic heterocycles. The molecule has 0 spiro atoms. The average molecular weight is 287 g/mol. The molecule has 1 aliphatic heterocycles. The van der Waals surface area contributed by atoms with Crippen LogP contribution in [-0.4, -0.2) is 26.2 Å². The van der Waals surface area contributed by atoms with Crippen molar-refractivity contribution in [1.82, 2.24) is 5.32 Å². The van der Waals surface area contributed by atoms with Gasteiger partial charge in [-0.2, -0.15) is 13.2 Å². The Morgan fingerprint density at radius 2 is 2.05 bits per heavy atom. The molecular formula is C14H16F3NO2. The second-order valence-electron chi connectivity index (χ2n) is 4.81. The van der Waals surface area contributed by atoms with Crippen LogP contribution in [-0.2, 0) is 15.7 Å². The minimum absolute atomic E-state index is 0.155. The van der Waals surface area contributed by atoms with Gasteiger partial charge in [0.25, 0.3) is 0 Å². The topological polar surface area (TPSA) is 38.3 Å². The first-order valence-electron chi connectivity index (χ1n) is 6.40. The van der Waals surface area contributed by atoms with Crippen LogP contribution >= 0.6 is 0 Å². The highest BCUT2D eigenvalue weighted by atomic mass is 19.4. The number of piperidine rings is 1. The van der Waals surface area contributed by atoms with Crippen LogP contribution in [0.3, 0.4) is 0 Å². The molecule has 6 heteroatoms. The molecule has 0 unspecified atom stereocenters. The summed E-state index contributed by atoms with van der Waals surface area (Å²) >= 11 is 0. The number of carbonyl (C=O) groups is 1. The lowest BCUT2D eigenvalue weighted by Crippen LogP contribution is -2.40. The van der Waals surface area contributed by atoms with E-state index in [4.69, 9.17) is 4.74 Å². The normalized spacial score (nSPS) is 23.4. The maximum Gasteiger partial charge on any atom is 0.416 e. The first kappa shape index (κ1) is 14.8. The molecule has 0 bridgehead atoms. The summed E-state index contributed by atoms with van der Waals surface area (Å²) in [6, 6.07) is 5.41. The number of rotatable bonds is 2. The van der Waals surface area contributed by atoms with Crippen molar-refractivity contribution in [1.29, 1.82) is 0 Å². The third-order valence-corrected chi connectivity index (χ3v) is 3.65. The lowest BCUT2D eigenvalue weighted by molar-refractivity contribution is -0.148. The molecule has 1 heterocycles. The van der Waals surface area contributed by atoms with Crippen LogP contribution in [0.25, 0.3) is 0 Å². The predicted octanol–water partition coefficient (Wildman–Crippen LogP) is 2.57. The lowest BCUT2D eigenvalue weighted by atomic mass is 9.79. The Morgan fingerprint density at radius 3 is 2.70 bits per heavy atom. The summed E-state index contributed by atoms with van der Waals surface area (Å²) in [6.07, 6.45) is -3.95. The first-order chi connectivity index (χ1) is 9.45. The Bertz CT molecular complexity index is 488. The second kappa shape index (κ2) is 5.83. The van der Waals surface area contributed by atoms with Crippen molar-refractivity contribution in [3.63, 3.8) is 0 Å². The minimum Gasteiger partial charge on any atom is -0.469 e. The number of alkyl halides is 3. The average Bonchev–Trinajstić information content (AvgIpc) is 2.45. The van der Waals surface area contributed by atoms with Crippen LogP contribution < -0.4 is 5.32 Å². The van der Waals surface area contributed by atoms with E-state index in [1.165, 1.54) is 19.2 Å². The minimum atomic E-state index is -4.42. The van der Waals surface area contributed by atoms with Gasteiger partial charge in [-0.25, -0.2) is 0 Å². The van der Waals surface area contributed by atoms with E-state index < -0.39 is 29.5 Å². The lowest BCUT2D eigenvalue weighted by Gasteiger charge is -2.32. The van der Waals surface area contributed by atoms with E-state index in [2.05, 4.69) is 5.32 Å². The van der Waals surface area contributed by atoms with Gasteiger partial charge >= 0.3 is 12.1 Å². The summed E-state index contributed by atoms with van der Waals surface area (Å²) < 4.78 is 43.9. The zero-order valence-electron chi connectivity index (χ0n) is 11.0. The number of methoxy groups -OCH3 is 1. The zero-order valence-corrected chi connectivity index (χ0v) is 11.0. The Hall–Kier alpha value is -1.56. The van der Waals surface area contributed by atoms with Gasteiger partial charge in [0.1, 0.15) is 0 Å². The van der Waals surface area contributed by atoms with Crippen molar-refractivity contribution in [3.8, 4) is 0 Å². The highest BCUT2D eigenvalue weighted by molar-refractivity contribution is 5.74. The number of carbonyl (C=O) groups excluding carboxylic acids is 1. The Kier molecular flexibility index (Phi) is 4.32. The molecule has 1 aromatic rings. The maximum atomic E-state index is 13.1. The number of ether oxygens (including phenoxy) is 1. The molecule has 0 radical (unpaired) electrons. The fraction of sp³-hybridized carbons (Fsp3) is 0.500. The number of halogens is 3. The number of hydrogen-bond donors (Lipinski definition) is 1. The fourth-order valence-electron chi connectivity index (χ4n) is 2.70. The summed E-state index contributed by atoms with van der Waals surface area (Å²) in [7, 11) is 1.26. The van der Waals surface area contributed by atoms with Gasteiger partial charge in [0.15, 0.2) is 0 Å². The van der Waals surface area contributed by atoms with Crippen LogP contribution in [0.4, 0.5) is 13.2 Å². The molecule has 2 atom stereocenters. The van der Waals surface area contributed by atoms with Crippen LogP contribution in [0.15, 0.2) is 24.3 Å². The van der Waals surface area contributed by atoms with Crippen LogP contribution in [0, 0.1) is 5.92 Å². The molecule has 3 nitrogen and oxygen atoms in total. The largest absolute Gasteiger partial charge is 0.469 e. The van der Waals surface area contributed by atoms with Crippen molar-refractivity contribution in [3.05, 3.63) is 35.4 Å². The van der Waals surface area contributed by atoms with E-state index in [9.17, 15) is 18.0 Å². The standard InChI is InChI=1S/C14H16F3NO2/c1-20-13(19)10-6-7-18-8-11(10)9-4-2-3-5-12(9)14(15,16)17/h2-5,10-11,18H,6-8H2,1H3/t10-,11-/m0/s1. The summed E-state index contributed by atoms with van der Waals surface area (Å²) in [5.41, 5.74) is -0.523. The van der Waals surface area contributed by atoms with Gasteiger partial charge in [0.05, 0.1) is 18.6 Å². The molecule has 2 rings (SSSR count). The third-order valence-electron chi connectivity index (χ3n) is 3.65.